The number of esters is 1. The quantitative estimate of drug-likeness (QED) is 0.684. The molecule has 132 valence electrons. The maximum Gasteiger partial charge on any atom is 0.338 e. The van der Waals surface area contributed by atoms with Crippen molar-refractivity contribution in [1.82, 2.24) is 15.0 Å². The van der Waals surface area contributed by atoms with E-state index in [4.69, 9.17) is 27.9 Å². The highest BCUT2D eigenvalue weighted by molar-refractivity contribution is 6.36. The van der Waals surface area contributed by atoms with Crippen LogP contribution in [0, 0.1) is 0 Å². The summed E-state index contributed by atoms with van der Waals surface area (Å²) >= 11 is 11.7. The van der Waals surface area contributed by atoms with Gasteiger partial charge in [0.05, 0.1) is 26.6 Å². The van der Waals surface area contributed by atoms with Crippen molar-refractivity contribution in [3.63, 3.8) is 0 Å². The number of hydrogen-bond acceptors (Lipinski definition) is 6. The van der Waals surface area contributed by atoms with Crippen LogP contribution in [0.5, 0.6) is 0 Å². The molecule has 3 aromatic rings. The van der Waals surface area contributed by atoms with E-state index in [1.54, 1.807) is 24.4 Å². The lowest BCUT2D eigenvalue weighted by Gasteiger charge is -2.14. The Labute approximate surface area is 158 Å². The zero-order valence-electron chi connectivity index (χ0n) is 13.4. The van der Waals surface area contributed by atoms with Gasteiger partial charge in [-0.1, -0.05) is 23.2 Å². The highest BCUT2D eigenvalue weighted by Crippen LogP contribution is 2.22. The van der Waals surface area contributed by atoms with Gasteiger partial charge in [-0.2, -0.15) is 0 Å². The molecule has 9 heteroatoms. The van der Waals surface area contributed by atoms with Gasteiger partial charge in [-0.3, -0.25) is 14.8 Å². The Morgan fingerprint density at radius 1 is 1.08 bits per heavy atom. The number of ether oxygens (including phenoxy) is 1. The SMILES string of the molecule is C[C@H](OC(=O)c1ccc2nccnc2c1)C(=O)Nc1ncc(Cl)cc1Cl. The van der Waals surface area contributed by atoms with E-state index >= 15 is 0 Å². The third-order valence-electron chi connectivity index (χ3n) is 3.41. The molecule has 0 spiro atoms. The first-order valence-electron chi connectivity index (χ1n) is 7.47. The van der Waals surface area contributed by atoms with Crippen LogP contribution in [0.2, 0.25) is 10.0 Å². The van der Waals surface area contributed by atoms with Crippen molar-refractivity contribution in [1.29, 1.82) is 0 Å². The molecule has 7 nitrogen and oxygen atoms in total. The fourth-order valence-corrected chi connectivity index (χ4v) is 2.52. The van der Waals surface area contributed by atoms with Crippen molar-refractivity contribution < 1.29 is 14.3 Å². The molecule has 0 fully saturated rings. The molecule has 0 saturated heterocycles. The molecule has 0 aliphatic carbocycles. The van der Waals surface area contributed by atoms with Gasteiger partial charge in [0.15, 0.2) is 11.9 Å². The summed E-state index contributed by atoms with van der Waals surface area (Å²) in [5.41, 5.74) is 1.47. The zero-order chi connectivity index (χ0) is 18.7. The lowest BCUT2D eigenvalue weighted by atomic mass is 10.2. The Bertz CT molecular complexity index is 997. The molecule has 1 N–H and O–H groups in total. The molecular formula is C17H12Cl2N4O3. The molecule has 1 atom stereocenters. The van der Waals surface area contributed by atoms with E-state index in [0.717, 1.165) is 0 Å². The van der Waals surface area contributed by atoms with Crippen LogP contribution in [-0.4, -0.2) is 32.9 Å². The second-order valence-electron chi connectivity index (χ2n) is 5.28. The van der Waals surface area contributed by atoms with Crippen LogP contribution in [0.1, 0.15) is 17.3 Å². The first-order chi connectivity index (χ1) is 12.4. The third kappa shape index (κ3) is 4.07. The van der Waals surface area contributed by atoms with Crippen LogP contribution in [0.15, 0.2) is 42.9 Å². The molecule has 3 rings (SSSR count). The van der Waals surface area contributed by atoms with Crippen molar-refractivity contribution >= 4 is 51.9 Å². The Morgan fingerprint density at radius 3 is 2.54 bits per heavy atom. The first kappa shape index (κ1) is 18.0. The molecule has 0 aliphatic rings. The Morgan fingerprint density at radius 2 is 1.81 bits per heavy atom. The predicted octanol–water partition coefficient (Wildman–Crippen LogP) is 3.52. The van der Waals surface area contributed by atoms with Gasteiger partial charge in [-0.15, -0.1) is 0 Å². The molecule has 0 saturated carbocycles. The number of benzene rings is 1. The number of anilines is 1. The highest BCUT2D eigenvalue weighted by Gasteiger charge is 2.20. The van der Waals surface area contributed by atoms with Gasteiger partial charge in [0, 0.05) is 18.6 Å². The van der Waals surface area contributed by atoms with Gasteiger partial charge in [-0.05, 0) is 31.2 Å². The average Bonchev–Trinajstić information content (AvgIpc) is 2.63. The zero-order valence-corrected chi connectivity index (χ0v) is 15.0. The number of rotatable bonds is 4. The lowest BCUT2D eigenvalue weighted by molar-refractivity contribution is -0.123. The number of carbonyl (C=O) groups is 2. The summed E-state index contributed by atoms with van der Waals surface area (Å²) in [4.78, 5) is 36.6. The maximum absolute atomic E-state index is 12.3. The fraction of sp³-hybridized carbons (Fsp3) is 0.118. The van der Waals surface area contributed by atoms with E-state index in [-0.39, 0.29) is 16.4 Å². The summed E-state index contributed by atoms with van der Waals surface area (Å²) in [5, 5.41) is 3.00. The van der Waals surface area contributed by atoms with Gasteiger partial charge in [0.1, 0.15) is 0 Å². The van der Waals surface area contributed by atoms with Crippen molar-refractivity contribution in [2.24, 2.45) is 0 Å². The van der Waals surface area contributed by atoms with Gasteiger partial charge < -0.3 is 10.1 Å². The Kier molecular flexibility index (Phi) is 5.29. The summed E-state index contributed by atoms with van der Waals surface area (Å²) < 4.78 is 5.19. The lowest BCUT2D eigenvalue weighted by Crippen LogP contribution is -2.30. The molecule has 1 amide bonds. The molecule has 2 aromatic heterocycles. The number of halogens is 2. The van der Waals surface area contributed by atoms with E-state index < -0.39 is 18.0 Å². The van der Waals surface area contributed by atoms with Crippen LogP contribution in [0.25, 0.3) is 11.0 Å². The fourth-order valence-electron chi connectivity index (χ4n) is 2.10. The monoisotopic (exact) mass is 390 g/mol. The van der Waals surface area contributed by atoms with Gasteiger partial charge in [0.25, 0.3) is 5.91 Å². The van der Waals surface area contributed by atoms with Crippen LogP contribution in [-0.2, 0) is 9.53 Å². The molecule has 0 radical (unpaired) electrons. The minimum absolute atomic E-state index is 0.130. The maximum atomic E-state index is 12.3. The van der Waals surface area contributed by atoms with E-state index in [1.165, 1.54) is 25.4 Å². The van der Waals surface area contributed by atoms with Crippen molar-refractivity contribution in [3.8, 4) is 0 Å². The molecule has 0 unspecified atom stereocenters. The minimum Gasteiger partial charge on any atom is -0.449 e. The summed E-state index contributed by atoms with van der Waals surface area (Å²) in [5.74, 6) is -1.10. The van der Waals surface area contributed by atoms with E-state index in [2.05, 4.69) is 20.3 Å². The standard InChI is InChI=1S/C17H12Cl2N4O3/c1-9(16(24)23-15-12(19)7-11(18)8-22-15)26-17(25)10-2-3-13-14(6-10)21-5-4-20-13/h2-9H,1H3,(H,22,23,24)/t9-/m0/s1. The van der Waals surface area contributed by atoms with Gasteiger partial charge in [-0.25, -0.2) is 9.78 Å². The van der Waals surface area contributed by atoms with E-state index in [0.29, 0.717) is 16.1 Å². The number of nitrogens with zero attached hydrogens (tertiary/aromatic N) is 3. The van der Waals surface area contributed by atoms with Crippen LogP contribution < -0.4 is 5.32 Å². The van der Waals surface area contributed by atoms with Crippen molar-refractivity contribution in [2.75, 3.05) is 5.32 Å². The van der Waals surface area contributed by atoms with Crippen molar-refractivity contribution in [2.45, 2.75) is 13.0 Å². The number of hydrogen-bond donors (Lipinski definition) is 1. The molecule has 0 bridgehead atoms. The summed E-state index contributed by atoms with van der Waals surface area (Å²) in [6.45, 7) is 1.44. The van der Waals surface area contributed by atoms with E-state index in [1.807, 2.05) is 0 Å². The largest absolute Gasteiger partial charge is 0.449 e. The van der Waals surface area contributed by atoms with E-state index in [9.17, 15) is 9.59 Å². The Hall–Kier alpha value is -2.77. The summed E-state index contributed by atoms with van der Waals surface area (Å²) in [6.07, 6.45) is 3.36. The molecule has 26 heavy (non-hydrogen) atoms. The summed E-state index contributed by atoms with van der Waals surface area (Å²) in [7, 11) is 0. The van der Waals surface area contributed by atoms with Gasteiger partial charge >= 0.3 is 5.97 Å². The second kappa shape index (κ2) is 7.63. The smallest absolute Gasteiger partial charge is 0.338 e. The molecule has 0 aliphatic heterocycles. The molecule has 1 aromatic carbocycles. The molecule has 2 heterocycles. The molecular weight excluding hydrogens is 379 g/mol. The van der Waals surface area contributed by atoms with Gasteiger partial charge in [0.2, 0.25) is 0 Å². The average molecular weight is 391 g/mol. The number of aromatic nitrogens is 3. The number of carbonyl (C=O) groups excluding carboxylic acids is 2. The number of amides is 1. The van der Waals surface area contributed by atoms with Crippen LogP contribution in [0.4, 0.5) is 5.82 Å². The number of nitrogens with one attached hydrogen (secondary N) is 1. The third-order valence-corrected chi connectivity index (χ3v) is 3.90. The van der Waals surface area contributed by atoms with Crippen LogP contribution >= 0.6 is 23.2 Å². The number of pyridine rings is 1. The summed E-state index contributed by atoms with van der Waals surface area (Å²) in [6, 6.07) is 6.20. The minimum atomic E-state index is -1.06. The van der Waals surface area contributed by atoms with Crippen LogP contribution in [0.3, 0.4) is 0 Å². The predicted molar refractivity (Wildman–Crippen MR) is 97.3 cm³/mol. The Balaban J connectivity index is 1.68. The highest BCUT2D eigenvalue weighted by atomic mass is 35.5. The normalized spacial score (nSPS) is 11.8. The number of fused-ring (bicyclic) bond motifs is 1. The second-order valence-corrected chi connectivity index (χ2v) is 6.12. The van der Waals surface area contributed by atoms with Crippen molar-refractivity contribution in [3.05, 3.63) is 58.5 Å². The topological polar surface area (TPSA) is 94.1 Å². The first-order valence-corrected chi connectivity index (χ1v) is 8.23.